The number of amides is 1. The van der Waals surface area contributed by atoms with E-state index in [1.165, 1.54) is 6.42 Å². The van der Waals surface area contributed by atoms with E-state index >= 15 is 0 Å². The Bertz CT molecular complexity index is 743. The topological polar surface area (TPSA) is 48.5 Å². The molecule has 0 aliphatic carbocycles. The molecule has 1 aromatic heterocycles. The molecule has 26 heavy (non-hydrogen) atoms. The van der Waals surface area contributed by atoms with Crippen molar-refractivity contribution in [2.45, 2.75) is 19.3 Å². The summed E-state index contributed by atoms with van der Waals surface area (Å²) in [6, 6.07) is 13.9. The third-order valence-corrected chi connectivity index (χ3v) is 5.93. The third kappa shape index (κ3) is 3.31. The number of piperidine rings is 1. The van der Waals surface area contributed by atoms with Crippen molar-refractivity contribution in [1.82, 2.24) is 15.2 Å². The van der Waals surface area contributed by atoms with Gasteiger partial charge < -0.3 is 15.1 Å². The zero-order valence-corrected chi connectivity index (χ0v) is 15.3. The SMILES string of the molecule is CN(c1ccccc1)c1ccc(C(=O)N2CCC3(CCNC3)CC2)cn1. The Hall–Kier alpha value is -2.40. The van der Waals surface area contributed by atoms with Crippen LogP contribution in [0.25, 0.3) is 0 Å². The molecule has 4 rings (SSSR count). The number of para-hydroxylation sites is 1. The number of nitrogens with zero attached hydrogens (tertiary/aromatic N) is 3. The fourth-order valence-corrected chi connectivity index (χ4v) is 4.08. The summed E-state index contributed by atoms with van der Waals surface area (Å²) >= 11 is 0. The molecule has 1 N–H and O–H groups in total. The van der Waals surface area contributed by atoms with E-state index in [9.17, 15) is 4.79 Å². The lowest BCUT2D eigenvalue weighted by molar-refractivity contribution is 0.0607. The highest BCUT2D eigenvalue weighted by Crippen LogP contribution is 2.37. The molecule has 2 saturated heterocycles. The quantitative estimate of drug-likeness (QED) is 0.924. The molecule has 2 aromatic rings. The Kier molecular flexibility index (Phi) is 4.64. The highest BCUT2D eigenvalue weighted by atomic mass is 16.2. The molecule has 0 saturated carbocycles. The van der Waals surface area contributed by atoms with E-state index in [0.29, 0.717) is 11.0 Å². The molecule has 5 heteroatoms. The van der Waals surface area contributed by atoms with E-state index in [1.807, 2.05) is 59.3 Å². The van der Waals surface area contributed by atoms with Gasteiger partial charge in [-0.05, 0) is 55.5 Å². The van der Waals surface area contributed by atoms with Gasteiger partial charge in [-0.2, -0.15) is 0 Å². The molecule has 1 amide bonds. The molecule has 2 aliphatic rings. The van der Waals surface area contributed by atoms with E-state index in [1.54, 1.807) is 6.20 Å². The first-order chi connectivity index (χ1) is 12.7. The van der Waals surface area contributed by atoms with Gasteiger partial charge in [-0.3, -0.25) is 4.79 Å². The Morgan fingerprint density at radius 2 is 1.88 bits per heavy atom. The van der Waals surface area contributed by atoms with Crippen LogP contribution in [-0.4, -0.2) is 49.0 Å². The molecule has 3 heterocycles. The van der Waals surface area contributed by atoms with Crippen molar-refractivity contribution in [3.8, 4) is 0 Å². The monoisotopic (exact) mass is 350 g/mol. The highest BCUT2D eigenvalue weighted by Gasteiger charge is 2.38. The molecule has 2 fully saturated rings. The van der Waals surface area contributed by atoms with Crippen molar-refractivity contribution >= 4 is 17.4 Å². The summed E-state index contributed by atoms with van der Waals surface area (Å²) in [5.74, 6) is 0.939. The van der Waals surface area contributed by atoms with Gasteiger partial charge in [0.25, 0.3) is 5.91 Å². The van der Waals surface area contributed by atoms with Crippen LogP contribution in [0, 0.1) is 5.41 Å². The molecule has 0 atom stereocenters. The Balaban J connectivity index is 1.41. The molecule has 1 aromatic carbocycles. The summed E-state index contributed by atoms with van der Waals surface area (Å²) in [5, 5.41) is 3.47. The van der Waals surface area contributed by atoms with E-state index in [-0.39, 0.29) is 5.91 Å². The molecule has 2 aliphatic heterocycles. The van der Waals surface area contributed by atoms with Crippen LogP contribution < -0.4 is 10.2 Å². The summed E-state index contributed by atoms with van der Waals surface area (Å²) in [7, 11) is 1.98. The van der Waals surface area contributed by atoms with E-state index in [4.69, 9.17) is 0 Å². The van der Waals surface area contributed by atoms with E-state index < -0.39 is 0 Å². The van der Waals surface area contributed by atoms with Crippen LogP contribution in [-0.2, 0) is 0 Å². The molecule has 136 valence electrons. The van der Waals surface area contributed by atoms with Crippen molar-refractivity contribution in [3.05, 3.63) is 54.2 Å². The zero-order valence-electron chi connectivity index (χ0n) is 15.3. The second kappa shape index (κ2) is 7.08. The average Bonchev–Trinajstić information content (AvgIpc) is 3.16. The molecule has 0 unspecified atom stereocenters. The lowest BCUT2D eigenvalue weighted by Gasteiger charge is -2.38. The number of carbonyl (C=O) groups excluding carboxylic acids is 1. The summed E-state index contributed by atoms with van der Waals surface area (Å²) in [6.45, 7) is 3.93. The first kappa shape index (κ1) is 17.0. The predicted molar refractivity (Wildman–Crippen MR) is 104 cm³/mol. The van der Waals surface area contributed by atoms with Crippen molar-refractivity contribution < 1.29 is 4.79 Å². The number of pyridine rings is 1. The molecule has 1 spiro atoms. The van der Waals surface area contributed by atoms with Crippen molar-refractivity contribution in [1.29, 1.82) is 0 Å². The van der Waals surface area contributed by atoms with Gasteiger partial charge in [0.05, 0.1) is 5.56 Å². The number of likely N-dealkylation sites (tertiary alicyclic amines) is 1. The van der Waals surface area contributed by atoms with Crippen LogP contribution in [0.2, 0.25) is 0 Å². The minimum atomic E-state index is 0.104. The highest BCUT2D eigenvalue weighted by molar-refractivity contribution is 5.94. The van der Waals surface area contributed by atoms with Crippen LogP contribution in [0.3, 0.4) is 0 Å². The van der Waals surface area contributed by atoms with Crippen LogP contribution >= 0.6 is 0 Å². The van der Waals surface area contributed by atoms with E-state index in [0.717, 1.165) is 50.5 Å². The van der Waals surface area contributed by atoms with Crippen molar-refractivity contribution in [2.24, 2.45) is 5.41 Å². The fraction of sp³-hybridized carbons (Fsp3) is 0.429. The Morgan fingerprint density at radius 3 is 2.50 bits per heavy atom. The molecular weight excluding hydrogens is 324 g/mol. The predicted octanol–water partition coefficient (Wildman–Crippen LogP) is 3.07. The Labute approximate surface area is 155 Å². The maximum Gasteiger partial charge on any atom is 0.255 e. The number of nitrogens with one attached hydrogen (secondary N) is 1. The van der Waals surface area contributed by atoms with E-state index in [2.05, 4.69) is 10.3 Å². The van der Waals surface area contributed by atoms with Gasteiger partial charge in [-0.15, -0.1) is 0 Å². The van der Waals surface area contributed by atoms with Crippen molar-refractivity contribution in [3.63, 3.8) is 0 Å². The summed E-state index contributed by atoms with van der Waals surface area (Å²) in [5.41, 5.74) is 2.18. The van der Waals surface area contributed by atoms with Gasteiger partial charge in [-0.1, -0.05) is 18.2 Å². The van der Waals surface area contributed by atoms with Gasteiger partial charge in [0.2, 0.25) is 0 Å². The summed E-state index contributed by atoms with van der Waals surface area (Å²) in [4.78, 5) is 21.3. The number of benzene rings is 1. The standard InChI is InChI=1S/C21H26N4O/c1-24(18-5-3-2-4-6-18)19-8-7-17(15-23-19)20(26)25-13-10-21(11-14-25)9-12-22-16-21/h2-8,15,22H,9-14,16H2,1H3. The summed E-state index contributed by atoms with van der Waals surface area (Å²) < 4.78 is 0. The average molecular weight is 350 g/mol. The van der Waals surface area contributed by atoms with Gasteiger partial charge in [0.1, 0.15) is 5.82 Å². The van der Waals surface area contributed by atoms with Crippen LogP contribution in [0.15, 0.2) is 48.7 Å². The third-order valence-electron chi connectivity index (χ3n) is 5.93. The van der Waals surface area contributed by atoms with Crippen LogP contribution in [0.1, 0.15) is 29.6 Å². The number of hydrogen-bond acceptors (Lipinski definition) is 4. The smallest absolute Gasteiger partial charge is 0.255 e. The first-order valence-electron chi connectivity index (χ1n) is 9.42. The second-order valence-corrected chi connectivity index (χ2v) is 7.52. The number of hydrogen-bond donors (Lipinski definition) is 1. The number of anilines is 2. The number of carbonyl (C=O) groups is 1. The van der Waals surface area contributed by atoms with Gasteiger partial charge in [0.15, 0.2) is 0 Å². The number of aromatic nitrogens is 1. The Morgan fingerprint density at radius 1 is 1.12 bits per heavy atom. The minimum absolute atomic E-state index is 0.104. The van der Waals surface area contributed by atoms with Gasteiger partial charge >= 0.3 is 0 Å². The first-order valence-corrected chi connectivity index (χ1v) is 9.42. The van der Waals surface area contributed by atoms with Crippen LogP contribution in [0.4, 0.5) is 11.5 Å². The van der Waals surface area contributed by atoms with Crippen LogP contribution in [0.5, 0.6) is 0 Å². The molecule has 5 nitrogen and oxygen atoms in total. The molecule has 0 radical (unpaired) electrons. The zero-order chi connectivity index (χ0) is 18.0. The lowest BCUT2D eigenvalue weighted by Crippen LogP contribution is -2.44. The largest absolute Gasteiger partial charge is 0.339 e. The number of rotatable bonds is 3. The van der Waals surface area contributed by atoms with Crippen molar-refractivity contribution in [2.75, 3.05) is 38.1 Å². The second-order valence-electron chi connectivity index (χ2n) is 7.52. The lowest BCUT2D eigenvalue weighted by atomic mass is 9.78. The molecular formula is C21H26N4O. The fourth-order valence-electron chi connectivity index (χ4n) is 4.08. The maximum atomic E-state index is 12.8. The minimum Gasteiger partial charge on any atom is -0.339 e. The normalized spacial score (nSPS) is 18.9. The van der Waals surface area contributed by atoms with Gasteiger partial charge in [-0.25, -0.2) is 4.98 Å². The summed E-state index contributed by atoms with van der Waals surface area (Å²) in [6.07, 6.45) is 5.16. The maximum absolute atomic E-state index is 12.8. The molecule has 0 bridgehead atoms. The van der Waals surface area contributed by atoms with Gasteiger partial charge in [0, 0.05) is 38.6 Å².